The van der Waals surface area contributed by atoms with Crippen molar-refractivity contribution in [1.29, 1.82) is 0 Å². The first kappa shape index (κ1) is 76.1. The van der Waals surface area contributed by atoms with Crippen molar-refractivity contribution in [2.45, 2.75) is 135 Å². The van der Waals surface area contributed by atoms with Gasteiger partial charge in [-0.3, -0.25) is 0 Å². The number of rotatable bonds is 8. The van der Waals surface area contributed by atoms with Crippen molar-refractivity contribution in [3.05, 3.63) is 272 Å². The zero-order chi connectivity index (χ0) is 77.8. The predicted octanol–water partition coefficient (Wildman–Crippen LogP) is 23.2. The number of aromatic hydroxyl groups is 4. The summed E-state index contributed by atoms with van der Waals surface area (Å²) in [6.07, 6.45) is 0. The number of hydrogen-bond acceptors (Lipinski definition) is 13. The van der Waals surface area contributed by atoms with Crippen LogP contribution in [-0.4, -0.2) is 80.4 Å². The Morgan fingerprint density at radius 2 is 0.688 bits per heavy atom. The summed E-state index contributed by atoms with van der Waals surface area (Å²) in [5.74, 6) is 0.740. The first-order valence-corrected chi connectivity index (χ1v) is 37.7. The first-order chi connectivity index (χ1) is 51.6. The Bertz CT molecular complexity index is 6060. The zero-order valence-corrected chi connectivity index (χ0v) is 66.6. The smallest absolute Gasteiger partial charge is 0.150 e. The molecule has 0 spiro atoms. The Balaban J connectivity index is 0.000000129. The Morgan fingerprint density at radius 1 is 0.312 bits per heavy atom. The van der Waals surface area contributed by atoms with Gasteiger partial charge in [0.2, 0.25) is 0 Å². The Labute approximate surface area is 653 Å². The molecule has 4 N–H and O–H groups in total. The molecule has 0 saturated heterocycles. The van der Waals surface area contributed by atoms with Gasteiger partial charge in [-0.2, -0.15) is 0 Å². The fraction of sp³-hybridized carbons (Fsp3) is 0.213. The van der Waals surface area contributed by atoms with Crippen LogP contribution in [0, 0.1) is 20.8 Å². The molecule has 0 bridgehead atoms. The van der Waals surface area contributed by atoms with Crippen LogP contribution >= 0.6 is 46.6 Å². The molecule has 12 aromatic carbocycles. The van der Waals surface area contributed by atoms with Gasteiger partial charge in [0.1, 0.15) is 78.4 Å². The fourth-order valence-electron chi connectivity index (χ4n) is 12.8. The monoisotopic (exact) mass is 1520 g/mol. The van der Waals surface area contributed by atoms with E-state index in [1.54, 1.807) is 53.0 Å². The zero-order valence-electron chi connectivity index (χ0n) is 63.5. The van der Waals surface area contributed by atoms with Crippen LogP contribution in [-0.2, 0) is 21.7 Å². The molecule has 16 aromatic rings. The molecule has 0 fully saturated rings. The Kier molecular flexibility index (Phi) is 21.1. The Hall–Kier alpha value is -11.1. The molecule has 552 valence electrons. The molecule has 16 nitrogen and oxygen atoms in total. The van der Waals surface area contributed by atoms with Gasteiger partial charge in [-0.25, -0.2) is 0 Å². The minimum absolute atomic E-state index is 0.0327. The quantitative estimate of drug-likeness (QED) is 0.112. The van der Waals surface area contributed by atoms with E-state index in [0.29, 0.717) is 59.9 Å². The summed E-state index contributed by atoms with van der Waals surface area (Å²) < 4.78 is 0. The highest BCUT2D eigenvalue weighted by atomic mass is 35.5. The second-order valence-electron chi connectivity index (χ2n) is 31.4. The number of fused-ring (bicyclic) bond motifs is 5. The number of aryl methyl sites for hydroxylation is 3. The summed E-state index contributed by atoms with van der Waals surface area (Å²) in [6, 6.07) is 70.2. The third-order valence-corrected chi connectivity index (χ3v) is 20.8. The van der Waals surface area contributed by atoms with Crippen LogP contribution < -0.4 is 0 Å². The third-order valence-electron chi connectivity index (χ3n) is 18.8. The average Bonchev–Trinajstić information content (AvgIpc) is 1.53. The van der Waals surface area contributed by atoms with Crippen molar-refractivity contribution < 1.29 is 20.4 Å². The predicted molar refractivity (Wildman–Crippen MR) is 445 cm³/mol. The van der Waals surface area contributed by atoms with E-state index in [0.717, 1.165) is 87.8 Å². The highest BCUT2D eigenvalue weighted by Gasteiger charge is 2.29. The molecular weight excluding hydrogens is 1440 g/mol. The molecule has 0 radical (unpaired) electrons. The summed E-state index contributed by atoms with van der Waals surface area (Å²) in [5.41, 5.74) is 18.6. The summed E-state index contributed by atoms with van der Waals surface area (Å²) in [7, 11) is 0. The van der Waals surface area contributed by atoms with Crippen molar-refractivity contribution in [2.24, 2.45) is 0 Å². The summed E-state index contributed by atoms with van der Waals surface area (Å²) >= 11 is 19.9. The van der Waals surface area contributed by atoms with E-state index < -0.39 is 0 Å². The second-order valence-corrected chi connectivity index (χ2v) is 33.8. The lowest BCUT2D eigenvalue weighted by Crippen LogP contribution is -2.18. The number of nitrogens with zero attached hydrogens (tertiary/aromatic N) is 12. The highest BCUT2D eigenvalue weighted by Crippen LogP contribution is 2.45. The van der Waals surface area contributed by atoms with E-state index in [2.05, 4.69) is 186 Å². The van der Waals surface area contributed by atoms with Crippen molar-refractivity contribution >= 4 is 101 Å². The number of aromatic nitrogens is 12. The summed E-state index contributed by atoms with van der Waals surface area (Å²) in [4.78, 5) is 8.20. The summed E-state index contributed by atoms with van der Waals surface area (Å²) in [5, 5.41) is 84.5. The third kappa shape index (κ3) is 16.5. The number of hydrogen-bond donors (Lipinski definition) is 4. The lowest BCUT2D eigenvalue weighted by atomic mass is 9.80. The van der Waals surface area contributed by atoms with Gasteiger partial charge in [0, 0.05) is 47.1 Å². The lowest BCUT2D eigenvalue weighted by Gasteiger charge is -2.27. The molecule has 16 rings (SSSR count). The van der Waals surface area contributed by atoms with Gasteiger partial charge in [-0.05, 0) is 195 Å². The molecule has 20 heteroatoms. The highest BCUT2D eigenvalue weighted by molar-refractivity contribution is 7.99. The van der Waals surface area contributed by atoms with Gasteiger partial charge in [-0.1, -0.05) is 245 Å². The first-order valence-electron chi connectivity index (χ1n) is 35.8. The summed E-state index contributed by atoms with van der Waals surface area (Å²) in [6.45, 7) is 31.8. The largest absolute Gasteiger partial charge is 0.505 e. The van der Waals surface area contributed by atoms with Gasteiger partial charge >= 0.3 is 0 Å². The van der Waals surface area contributed by atoms with E-state index in [-0.39, 0.29) is 44.7 Å². The van der Waals surface area contributed by atoms with Crippen LogP contribution in [0.25, 0.3) is 99.9 Å². The maximum Gasteiger partial charge on any atom is 0.150 e. The molecule has 0 unspecified atom stereocenters. The SMILES string of the molecule is CC(C)(C)c1cc(-n2nc3ccc(Cl)cc3n2)c(O)c(C(C)(C)C)c1.CC(C)(C)c1cc(-n2nc3ccccc3n2)c(O)c(C(C)(C)C)c1.Cc1cc(-c2cccc3ccccc23)c(O)c(-n2nc3ccc(Cl)cc3n2)c1.Cc1cccc(C)c1Sc1cc(-c2ccccc2)c(O)c(-n2nc3ccc(Cl)cc3n2)c1. The molecule has 4 aromatic heterocycles. The average molecular weight is 1530 g/mol. The van der Waals surface area contributed by atoms with Crippen molar-refractivity contribution in [3.8, 4) is 68.0 Å². The van der Waals surface area contributed by atoms with Gasteiger partial charge in [0.05, 0.1) is 0 Å². The molecule has 4 heterocycles. The van der Waals surface area contributed by atoms with E-state index in [4.69, 9.17) is 34.8 Å². The number of phenolic OH excluding ortho intramolecular Hbond substituents is 4. The van der Waals surface area contributed by atoms with Gasteiger partial charge in [-0.15, -0.1) is 60.0 Å². The number of halogens is 3. The van der Waals surface area contributed by atoms with Crippen LogP contribution in [0.1, 0.15) is 122 Å². The van der Waals surface area contributed by atoms with E-state index in [1.807, 2.05) is 140 Å². The fourth-order valence-corrected chi connectivity index (χ4v) is 14.3. The van der Waals surface area contributed by atoms with Crippen LogP contribution in [0.5, 0.6) is 23.0 Å². The Morgan fingerprint density at radius 3 is 1.14 bits per heavy atom. The van der Waals surface area contributed by atoms with E-state index >= 15 is 0 Å². The van der Waals surface area contributed by atoms with Gasteiger partial charge in [0.25, 0.3) is 0 Å². The molecule has 0 amide bonds. The van der Waals surface area contributed by atoms with E-state index in [9.17, 15) is 20.4 Å². The normalized spacial score (nSPS) is 11.9. The van der Waals surface area contributed by atoms with Gasteiger partial charge in [0.15, 0.2) is 11.5 Å². The molecule has 0 aliphatic rings. The van der Waals surface area contributed by atoms with Crippen LogP contribution in [0.3, 0.4) is 0 Å². The number of phenols is 4. The maximum absolute atomic E-state index is 11.2. The van der Waals surface area contributed by atoms with Crippen molar-refractivity contribution in [3.63, 3.8) is 0 Å². The second kappa shape index (κ2) is 30.2. The lowest BCUT2D eigenvalue weighted by molar-refractivity contribution is 0.437. The maximum atomic E-state index is 11.2. The minimum Gasteiger partial charge on any atom is -0.505 e. The topological polar surface area (TPSA) is 204 Å². The van der Waals surface area contributed by atoms with E-state index in [1.165, 1.54) is 30.4 Å². The van der Waals surface area contributed by atoms with Crippen LogP contribution in [0.15, 0.2) is 228 Å². The molecule has 109 heavy (non-hydrogen) atoms. The van der Waals surface area contributed by atoms with Crippen LogP contribution in [0.4, 0.5) is 0 Å². The molecule has 0 atom stereocenters. The molecule has 0 aliphatic carbocycles. The van der Waals surface area contributed by atoms with Gasteiger partial charge < -0.3 is 20.4 Å². The molecular formula is C89H85Cl3N12O4S. The van der Waals surface area contributed by atoms with Crippen molar-refractivity contribution in [2.75, 3.05) is 0 Å². The molecule has 0 aliphatic heterocycles. The van der Waals surface area contributed by atoms with Crippen molar-refractivity contribution in [1.82, 2.24) is 60.0 Å². The number of benzene rings is 12. The van der Waals surface area contributed by atoms with Crippen LogP contribution in [0.2, 0.25) is 15.1 Å². The minimum atomic E-state index is -0.198. The molecule has 0 saturated carbocycles. The standard InChI is InChI=1S/C26H20ClN3OS.C23H16ClN3O.C20H24ClN3O.C20H25N3O/c1-16-7-6-8-17(2)26(16)32-20-14-21(18-9-4-3-5-10-18)25(31)24(15-20)30-28-22-12-11-19(27)13-23(22)29-30;1-14-11-19(18-8-4-6-15-5-2-3-7-17(15)18)23(28)22(12-14)27-25-20-10-9-16(24)13-21(20)26-27;1-19(2,3)12-9-14(20(4,5)6)18(25)17(10-12)24-22-15-8-7-13(21)11-16(15)23-24;1-19(2,3)13-11-14(20(4,5)6)18(24)17(12-13)23-21-15-9-7-8-10-16(15)22-23/h3-15,31H,1-2H3;2-13,28H,1H3;7-11,25H,1-6H3;7-12,24H,1-6H3.